The molecule has 1 fully saturated rings. The van der Waals surface area contributed by atoms with E-state index in [2.05, 4.69) is 10.2 Å². The molecule has 1 aliphatic rings. The topological polar surface area (TPSA) is 61.8 Å². The van der Waals surface area contributed by atoms with Gasteiger partial charge in [0.1, 0.15) is 5.60 Å². The summed E-state index contributed by atoms with van der Waals surface area (Å²) in [6, 6.07) is 7.88. The van der Waals surface area contributed by atoms with Crippen LogP contribution in [-0.2, 0) is 11.3 Å². The Morgan fingerprint density at radius 1 is 1.43 bits per heavy atom. The van der Waals surface area contributed by atoms with E-state index >= 15 is 0 Å². The van der Waals surface area contributed by atoms with E-state index in [9.17, 15) is 9.90 Å². The van der Waals surface area contributed by atoms with Gasteiger partial charge in [-0.2, -0.15) is 0 Å². The molecule has 116 valence electrons. The quantitative estimate of drug-likeness (QED) is 0.897. The molecule has 1 amide bonds. The first-order chi connectivity index (χ1) is 9.89. The molecule has 1 atom stereocenters. The van der Waals surface area contributed by atoms with Gasteiger partial charge in [0.2, 0.25) is 0 Å². The Balaban J connectivity index is 1.93. The molecule has 1 heterocycles. The monoisotopic (exact) mass is 292 g/mol. The third-order valence-electron chi connectivity index (χ3n) is 3.41. The van der Waals surface area contributed by atoms with Crippen molar-refractivity contribution < 1.29 is 14.6 Å². The minimum Gasteiger partial charge on any atom is -0.444 e. The van der Waals surface area contributed by atoms with E-state index in [0.717, 1.165) is 30.8 Å². The SMILES string of the molecule is CC(C)(C)OC(=O)N[C@@H]1CCN(c2ccccc2CO)C1. The minimum absolute atomic E-state index is 0.0246. The zero-order chi connectivity index (χ0) is 15.5. The van der Waals surface area contributed by atoms with Crippen LogP contribution >= 0.6 is 0 Å². The summed E-state index contributed by atoms with van der Waals surface area (Å²) < 4.78 is 5.28. The number of ether oxygens (including phenoxy) is 1. The summed E-state index contributed by atoms with van der Waals surface area (Å²) in [6.45, 7) is 7.17. The summed E-state index contributed by atoms with van der Waals surface area (Å²) in [5, 5.41) is 12.3. The highest BCUT2D eigenvalue weighted by Gasteiger charge is 2.27. The van der Waals surface area contributed by atoms with Crippen molar-refractivity contribution >= 4 is 11.8 Å². The van der Waals surface area contributed by atoms with E-state index in [1.54, 1.807) is 0 Å². The number of hydrogen-bond donors (Lipinski definition) is 2. The molecule has 0 spiro atoms. The second-order valence-electron chi connectivity index (χ2n) is 6.36. The van der Waals surface area contributed by atoms with E-state index in [1.807, 2.05) is 45.0 Å². The van der Waals surface area contributed by atoms with Crippen molar-refractivity contribution in [3.8, 4) is 0 Å². The van der Waals surface area contributed by atoms with Gasteiger partial charge in [-0.05, 0) is 33.3 Å². The van der Waals surface area contributed by atoms with Gasteiger partial charge >= 0.3 is 6.09 Å². The van der Waals surface area contributed by atoms with Crippen LogP contribution in [0.4, 0.5) is 10.5 Å². The molecule has 5 nitrogen and oxygen atoms in total. The Hall–Kier alpha value is -1.75. The average Bonchev–Trinajstić information content (AvgIpc) is 2.84. The maximum Gasteiger partial charge on any atom is 0.407 e. The van der Waals surface area contributed by atoms with Gasteiger partial charge < -0.3 is 20.1 Å². The Labute approximate surface area is 125 Å². The van der Waals surface area contributed by atoms with Crippen molar-refractivity contribution in [2.45, 2.75) is 45.4 Å². The van der Waals surface area contributed by atoms with E-state index in [-0.39, 0.29) is 18.7 Å². The highest BCUT2D eigenvalue weighted by Crippen LogP contribution is 2.24. The largest absolute Gasteiger partial charge is 0.444 e. The molecule has 1 saturated heterocycles. The molecule has 0 aromatic heterocycles. The standard InChI is InChI=1S/C16H24N2O3/c1-16(2,3)21-15(20)17-13-8-9-18(10-13)14-7-5-4-6-12(14)11-19/h4-7,13,19H,8-11H2,1-3H3,(H,17,20)/t13-/m1/s1. The summed E-state index contributed by atoms with van der Waals surface area (Å²) in [6.07, 6.45) is 0.503. The first kappa shape index (κ1) is 15.6. The number of hydrogen-bond acceptors (Lipinski definition) is 4. The van der Waals surface area contributed by atoms with Crippen molar-refractivity contribution in [3.63, 3.8) is 0 Å². The number of carbonyl (C=O) groups is 1. The van der Waals surface area contributed by atoms with Crippen LogP contribution in [0.5, 0.6) is 0 Å². The summed E-state index contributed by atoms with van der Waals surface area (Å²) in [5.74, 6) is 0. The lowest BCUT2D eigenvalue weighted by molar-refractivity contribution is 0.0509. The molecule has 1 aliphatic heterocycles. The number of aliphatic hydroxyl groups is 1. The molecule has 0 aliphatic carbocycles. The lowest BCUT2D eigenvalue weighted by Crippen LogP contribution is -2.40. The van der Waals surface area contributed by atoms with E-state index in [1.165, 1.54) is 0 Å². The van der Waals surface area contributed by atoms with Gasteiger partial charge in [-0.25, -0.2) is 4.79 Å². The van der Waals surface area contributed by atoms with E-state index in [4.69, 9.17) is 4.74 Å². The van der Waals surface area contributed by atoms with Crippen molar-refractivity contribution in [2.75, 3.05) is 18.0 Å². The molecular weight excluding hydrogens is 268 g/mol. The first-order valence-corrected chi connectivity index (χ1v) is 7.32. The Morgan fingerprint density at radius 2 is 2.14 bits per heavy atom. The normalized spacial score (nSPS) is 18.7. The molecule has 1 aromatic rings. The molecule has 1 aromatic carbocycles. The summed E-state index contributed by atoms with van der Waals surface area (Å²) in [7, 11) is 0. The lowest BCUT2D eigenvalue weighted by Gasteiger charge is -2.23. The predicted molar refractivity (Wildman–Crippen MR) is 82.4 cm³/mol. The highest BCUT2D eigenvalue weighted by molar-refractivity contribution is 5.68. The molecule has 0 radical (unpaired) electrons. The number of alkyl carbamates (subject to hydrolysis) is 1. The van der Waals surface area contributed by atoms with Crippen LogP contribution < -0.4 is 10.2 Å². The van der Waals surface area contributed by atoms with Gasteiger partial charge in [0.25, 0.3) is 0 Å². The van der Waals surface area contributed by atoms with Gasteiger partial charge in [-0.3, -0.25) is 0 Å². The summed E-state index contributed by atoms with van der Waals surface area (Å²) in [5.41, 5.74) is 1.47. The third-order valence-corrected chi connectivity index (χ3v) is 3.41. The van der Waals surface area contributed by atoms with Gasteiger partial charge in [0, 0.05) is 24.3 Å². The van der Waals surface area contributed by atoms with Crippen molar-refractivity contribution in [2.24, 2.45) is 0 Å². The van der Waals surface area contributed by atoms with Gasteiger partial charge in [0.15, 0.2) is 0 Å². The van der Waals surface area contributed by atoms with Gasteiger partial charge in [-0.1, -0.05) is 18.2 Å². The van der Waals surface area contributed by atoms with Gasteiger partial charge in [-0.15, -0.1) is 0 Å². The number of para-hydroxylation sites is 1. The first-order valence-electron chi connectivity index (χ1n) is 7.32. The second kappa shape index (κ2) is 6.35. The smallest absolute Gasteiger partial charge is 0.407 e. The second-order valence-corrected chi connectivity index (χ2v) is 6.36. The molecule has 2 N–H and O–H groups in total. The summed E-state index contributed by atoms with van der Waals surface area (Å²) in [4.78, 5) is 14.0. The molecular formula is C16H24N2O3. The van der Waals surface area contributed by atoms with Crippen LogP contribution in [0.3, 0.4) is 0 Å². The summed E-state index contributed by atoms with van der Waals surface area (Å²) >= 11 is 0. The van der Waals surface area contributed by atoms with Crippen molar-refractivity contribution in [1.82, 2.24) is 5.32 Å². The number of rotatable bonds is 3. The average molecular weight is 292 g/mol. The Kier molecular flexibility index (Phi) is 4.73. The van der Waals surface area contributed by atoms with Crippen LogP contribution in [-0.4, -0.2) is 35.9 Å². The molecule has 5 heteroatoms. The maximum atomic E-state index is 11.8. The van der Waals surface area contributed by atoms with Crippen LogP contribution in [0.2, 0.25) is 0 Å². The van der Waals surface area contributed by atoms with Crippen LogP contribution in [0.1, 0.15) is 32.8 Å². The molecule has 2 rings (SSSR count). The van der Waals surface area contributed by atoms with E-state index in [0.29, 0.717) is 0 Å². The molecule has 21 heavy (non-hydrogen) atoms. The number of amides is 1. The van der Waals surface area contributed by atoms with Crippen molar-refractivity contribution in [1.29, 1.82) is 0 Å². The minimum atomic E-state index is -0.480. The van der Waals surface area contributed by atoms with Gasteiger partial charge in [0.05, 0.1) is 12.6 Å². The third kappa shape index (κ3) is 4.36. The number of benzene rings is 1. The predicted octanol–water partition coefficient (Wildman–Crippen LogP) is 2.28. The maximum absolute atomic E-state index is 11.8. The fourth-order valence-electron chi connectivity index (χ4n) is 2.52. The Morgan fingerprint density at radius 3 is 2.81 bits per heavy atom. The molecule has 0 saturated carbocycles. The lowest BCUT2D eigenvalue weighted by atomic mass is 10.2. The van der Waals surface area contributed by atoms with Crippen LogP contribution in [0.15, 0.2) is 24.3 Å². The number of anilines is 1. The molecule has 0 unspecified atom stereocenters. The van der Waals surface area contributed by atoms with Crippen molar-refractivity contribution in [3.05, 3.63) is 29.8 Å². The number of nitrogens with one attached hydrogen (secondary N) is 1. The van der Waals surface area contributed by atoms with Crippen LogP contribution in [0, 0.1) is 0 Å². The number of carbonyl (C=O) groups excluding carboxylic acids is 1. The number of nitrogens with zero attached hydrogens (tertiary/aromatic N) is 1. The van der Waals surface area contributed by atoms with E-state index < -0.39 is 5.60 Å². The fourth-order valence-corrected chi connectivity index (χ4v) is 2.52. The highest BCUT2D eigenvalue weighted by atomic mass is 16.6. The number of aliphatic hydroxyl groups excluding tert-OH is 1. The zero-order valence-corrected chi connectivity index (χ0v) is 12.9. The molecule has 0 bridgehead atoms. The Bertz CT molecular complexity index is 497. The van der Waals surface area contributed by atoms with Crippen LogP contribution in [0.25, 0.3) is 0 Å². The zero-order valence-electron chi connectivity index (χ0n) is 12.9. The fraction of sp³-hybridized carbons (Fsp3) is 0.562.